The molecular weight excluding hydrogens is 465 g/mol. The number of carbonyl (C=O) groups excluding carboxylic acids is 1. The van der Waals surface area contributed by atoms with E-state index in [1.54, 1.807) is 0 Å². The maximum Gasteiger partial charge on any atom is 0.202 e. The molecule has 11 heteroatoms. The summed E-state index contributed by atoms with van der Waals surface area (Å²) in [6, 6.07) is 1.42. The highest BCUT2D eigenvalue weighted by atomic mass is 32.2. The molecule has 0 bridgehead atoms. The van der Waals surface area contributed by atoms with Crippen molar-refractivity contribution < 1.29 is 29.4 Å². The van der Waals surface area contributed by atoms with Crippen LogP contribution in [0.3, 0.4) is 0 Å². The zero-order valence-corrected chi connectivity index (χ0v) is 23.5. The molecule has 0 aromatic rings. The summed E-state index contributed by atoms with van der Waals surface area (Å²) in [7, 11) is -0.944. The van der Waals surface area contributed by atoms with Crippen molar-refractivity contribution in [1.82, 2.24) is 14.7 Å². The predicted molar refractivity (Wildman–Crippen MR) is 137 cm³/mol. The first kappa shape index (κ1) is 33.1. The average Bonchev–Trinajstić information content (AvgIpc) is 2.73. The number of rotatable bonds is 19. The van der Waals surface area contributed by atoms with Crippen LogP contribution < -0.4 is 5.32 Å². The number of nitrogens with one attached hydrogen (secondary N) is 1. The third-order valence-electron chi connectivity index (χ3n) is 4.95. The van der Waals surface area contributed by atoms with E-state index in [1.807, 2.05) is 0 Å². The molecule has 0 amide bonds. The van der Waals surface area contributed by atoms with E-state index in [0.29, 0.717) is 49.7 Å². The molecule has 0 rings (SSSR count). The molecule has 0 aliphatic heterocycles. The highest BCUT2D eigenvalue weighted by Gasteiger charge is 2.34. The summed E-state index contributed by atoms with van der Waals surface area (Å²) in [6.07, 6.45) is 0. The van der Waals surface area contributed by atoms with E-state index in [1.165, 1.54) is 0 Å². The van der Waals surface area contributed by atoms with Crippen molar-refractivity contribution in [2.24, 2.45) is 0 Å². The number of hydrogen-bond donors (Lipinski definition) is 4. The van der Waals surface area contributed by atoms with Crippen LogP contribution >= 0.6 is 20.2 Å². The van der Waals surface area contributed by atoms with E-state index < -0.39 is 33.8 Å². The minimum Gasteiger partial charge on any atom is -0.394 e. The summed E-state index contributed by atoms with van der Waals surface area (Å²) in [4.78, 5) is 12.0. The molecule has 0 saturated heterocycles. The van der Waals surface area contributed by atoms with Crippen LogP contribution in [-0.4, -0.2) is 111 Å². The molecule has 0 aliphatic rings. The highest BCUT2D eigenvalue weighted by Crippen LogP contribution is 2.50. The van der Waals surface area contributed by atoms with Gasteiger partial charge in [0.25, 0.3) is 0 Å². The number of carbonyl (C=O) groups is 1. The van der Waals surface area contributed by atoms with Crippen LogP contribution in [0, 0.1) is 0 Å². The lowest BCUT2D eigenvalue weighted by atomic mass is 10.0. The van der Waals surface area contributed by atoms with Crippen LogP contribution in [0.15, 0.2) is 0 Å². The van der Waals surface area contributed by atoms with E-state index >= 15 is 0 Å². The summed E-state index contributed by atoms with van der Waals surface area (Å²) < 4.78 is 16.9. The first-order chi connectivity index (χ1) is 15.5. The van der Waals surface area contributed by atoms with E-state index in [4.69, 9.17) is 9.26 Å². The Bertz CT molecular complexity index is 480. The van der Waals surface area contributed by atoms with Crippen LogP contribution in [0.2, 0.25) is 0 Å². The third-order valence-corrected chi connectivity index (χ3v) is 8.84. The normalized spacial score (nSPS) is 13.2. The SMILES string of the molecule is CC(C)N(C(C)C)P(OCCOCCSC(=O)CNC(CO)(CO)CO)N(C(C)C)C(C)C. The van der Waals surface area contributed by atoms with E-state index in [9.17, 15) is 20.1 Å². The first-order valence-electron chi connectivity index (χ1n) is 11.8. The Labute approximate surface area is 206 Å². The topological polar surface area (TPSA) is 115 Å². The van der Waals surface area contributed by atoms with Crippen LogP contribution in [0.1, 0.15) is 55.4 Å². The minimum absolute atomic E-state index is 0.0553. The van der Waals surface area contributed by atoms with Gasteiger partial charge in [0.15, 0.2) is 8.45 Å². The van der Waals surface area contributed by atoms with Gasteiger partial charge in [-0.2, -0.15) is 0 Å². The molecule has 33 heavy (non-hydrogen) atoms. The molecule has 0 aliphatic carbocycles. The lowest BCUT2D eigenvalue weighted by molar-refractivity contribution is -0.111. The quantitative estimate of drug-likeness (QED) is 0.151. The Hall–Kier alpha value is 0.130. The standard InChI is InChI=1S/C22H48N3O6PS/c1-17(2)24(18(3)4)32(25(19(5)6)20(7)8)31-10-9-30-11-12-33-21(29)13-23-22(14-26,15-27)16-28/h17-20,23,26-28H,9-16H2,1-8H3. The molecule has 0 heterocycles. The molecule has 9 nitrogen and oxygen atoms in total. The van der Waals surface area contributed by atoms with Crippen LogP contribution in [0.5, 0.6) is 0 Å². The summed E-state index contributed by atoms with van der Waals surface area (Å²) in [5, 5.41) is 30.4. The average molecular weight is 514 g/mol. The number of thioether (sulfide) groups is 1. The van der Waals surface area contributed by atoms with E-state index in [-0.39, 0.29) is 11.7 Å². The molecule has 0 unspecified atom stereocenters. The Morgan fingerprint density at radius 2 is 1.30 bits per heavy atom. The maximum atomic E-state index is 12.0. The fraction of sp³-hybridized carbons (Fsp3) is 0.955. The largest absolute Gasteiger partial charge is 0.394 e. The number of nitrogens with zero attached hydrogens (tertiary/aromatic N) is 2. The summed E-state index contributed by atoms with van der Waals surface area (Å²) in [6.45, 7) is 17.5. The van der Waals surface area contributed by atoms with Gasteiger partial charge in [-0.15, -0.1) is 0 Å². The Balaban J connectivity index is 4.53. The number of aliphatic hydroxyl groups is 3. The fourth-order valence-corrected chi connectivity index (χ4v) is 6.28. The van der Waals surface area contributed by atoms with Gasteiger partial charge in [0.05, 0.1) is 51.7 Å². The molecule has 0 spiro atoms. The second-order valence-corrected chi connectivity index (χ2v) is 12.0. The van der Waals surface area contributed by atoms with Gasteiger partial charge in [0.1, 0.15) is 0 Å². The molecule has 0 aromatic carbocycles. The molecule has 0 saturated carbocycles. The Kier molecular flexibility index (Phi) is 17.6. The fourth-order valence-electron chi connectivity index (χ4n) is 3.36. The summed E-state index contributed by atoms with van der Waals surface area (Å²) >= 11 is 1.11. The molecule has 0 atom stereocenters. The van der Waals surface area contributed by atoms with Crippen molar-refractivity contribution in [1.29, 1.82) is 0 Å². The van der Waals surface area contributed by atoms with Crippen molar-refractivity contribution >= 4 is 25.3 Å². The van der Waals surface area contributed by atoms with Crippen molar-refractivity contribution in [3.05, 3.63) is 0 Å². The van der Waals surface area contributed by atoms with Crippen molar-refractivity contribution in [3.8, 4) is 0 Å². The Morgan fingerprint density at radius 1 is 0.848 bits per heavy atom. The van der Waals surface area contributed by atoms with Gasteiger partial charge in [-0.3, -0.25) is 10.1 Å². The van der Waals surface area contributed by atoms with Gasteiger partial charge < -0.3 is 24.6 Å². The third kappa shape index (κ3) is 12.1. The van der Waals surface area contributed by atoms with Gasteiger partial charge in [-0.1, -0.05) is 11.8 Å². The Morgan fingerprint density at radius 3 is 1.70 bits per heavy atom. The molecular formula is C22H48N3O6PS. The van der Waals surface area contributed by atoms with Gasteiger partial charge in [0, 0.05) is 29.9 Å². The van der Waals surface area contributed by atoms with Gasteiger partial charge in [-0.25, -0.2) is 9.34 Å². The molecule has 4 N–H and O–H groups in total. The maximum absolute atomic E-state index is 12.0. The zero-order valence-electron chi connectivity index (χ0n) is 21.8. The van der Waals surface area contributed by atoms with Crippen molar-refractivity contribution in [2.45, 2.75) is 85.1 Å². The van der Waals surface area contributed by atoms with E-state index in [2.05, 4.69) is 70.0 Å². The number of hydrogen-bond acceptors (Lipinski definition) is 10. The van der Waals surface area contributed by atoms with E-state index in [0.717, 1.165) is 11.8 Å². The lowest BCUT2D eigenvalue weighted by Crippen LogP contribution is -2.55. The molecule has 0 radical (unpaired) electrons. The summed E-state index contributed by atoms with van der Waals surface area (Å²) in [5.74, 6) is 0.494. The van der Waals surface area contributed by atoms with Crippen molar-refractivity contribution in [3.63, 3.8) is 0 Å². The lowest BCUT2D eigenvalue weighted by Gasteiger charge is -2.45. The van der Waals surface area contributed by atoms with Crippen LogP contribution in [-0.2, 0) is 14.1 Å². The second kappa shape index (κ2) is 17.5. The number of aliphatic hydroxyl groups excluding tert-OH is 3. The highest BCUT2D eigenvalue weighted by molar-refractivity contribution is 8.13. The first-order valence-corrected chi connectivity index (χ1v) is 13.9. The van der Waals surface area contributed by atoms with Crippen molar-refractivity contribution in [2.75, 3.05) is 51.9 Å². The molecule has 0 aromatic heterocycles. The monoisotopic (exact) mass is 513 g/mol. The predicted octanol–water partition coefficient (Wildman–Crippen LogP) is 2.05. The second-order valence-electron chi connectivity index (χ2n) is 9.16. The van der Waals surface area contributed by atoms with Crippen LogP contribution in [0.25, 0.3) is 0 Å². The minimum atomic E-state index is -1.25. The smallest absolute Gasteiger partial charge is 0.202 e. The molecule has 198 valence electrons. The summed E-state index contributed by atoms with van der Waals surface area (Å²) in [5.41, 5.74) is -1.25. The van der Waals surface area contributed by atoms with Crippen LogP contribution in [0.4, 0.5) is 0 Å². The van der Waals surface area contributed by atoms with Gasteiger partial charge in [-0.05, 0) is 55.4 Å². The van der Waals surface area contributed by atoms with Gasteiger partial charge >= 0.3 is 0 Å². The van der Waals surface area contributed by atoms with Gasteiger partial charge in [0.2, 0.25) is 5.12 Å². The zero-order chi connectivity index (χ0) is 25.6. The molecule has 0 fully saturated rings. The number of ether oxygens (including phenoxy) is 1.